The van der Waals surface area contributed by atoms with Crippen molar-refractivity contribution in [2.24, 2.45) is 11.8 Å². The molecule has 0 radical (unpaired) electrons. The van der Waals surface area contributed by atoms with Crippen LogP contribution >= 0.6 is 0 Å². The Hall–Kier alpha value is -1.31. The van der Waals surface area contributed by atoms with Crippen LogP contribution in [0.25, 0.3) is 0 Å². The van der Waals surface area contributed by atoms with E-state index in [-0.39, 0.29) is 5.91 Å². The monoisotopic (exact) mass is 301 g/mol. The second-order valence-electron chi connectivity index (χ2n) is 6.69. The molecule has 1 aromatic rings. The van der Waals surface area contributed by atoms with Gasteiger partial charge >= 0.3 is 0 Å². The van der Waals surface area contributed by atoms with Crippen molar-refractivity contribution in [1.82, 2.24) is 5.32 Å². The predicted molar refractivity (Wildman–Crippen MR) is 92.7 cm³/mol. The average Bonchev–Trinajstić information content (AvgIpc) is 3.31. The van der Waals surface area contributed by atoms with E-state index >= 15 is 0 Å². The van der Waals surface area contributed by atoms with E-state index in [1.165, 1.54) is 50.5 Å². The topological polar surface area (TPSA) is 29.1 Å². The molecule has 0 heterocycles. The lowest BCUT2D eigenvalue weighted by atomic mass is 10.1. The Balaban J connectivity index is 1.49. The Morgan fingerprint density at radius 2 is 1.82 bits per heavy atom. The second-order valence-corrected chi connectivity index (χ2v) is 6.69. The summed E-state index contributed by atoms with van der Waals surface area (Å²) < 4.78 is 0. The zero-order valence-electron chi connectivity index (χ0n) is 14.0. The molecule has 1 amide bonds. The van der Waals surface area contributed by atoms with Crippen molar-refractivity contribution in [3.63, 3.8) is 0 Å². The zero-order chi connectivity index (χ0) is 15.6. The minimum absolute atomic E-state index is 0.284. The number of hydrogen-bond donors (Lipinski definition) is 1. The predicted octanol–water partition coefficient (Wildman–Crippen LogP) is 4.73. The fourth-order valence-electron chi connectivity index (χ4n) is 3.18. The number of hydrogen-bond acceptors (Lipinski definition) is 1. The third-order valence-electron chi connectivity index (χ3n) is 4.74. The van der Waals surface area contributed by atoms with Crippen molar-refractivity contribution in [2.45, 2.75) is 64.7 Å². The number of rotatable bonds is 11. The van der Waals surface area contributed by atoms with E-state index < -0.39 is 0 Å². The Kier molecular flexibility index (Phi) is 7.48. The van der Waals surface area contributed by atoms with Crippen LogP contribution in [0.15, 0.2) is 30.3 Å². The summed E-state index contributed by atoms with van der Waals surface area (Å²) in [5.74, 6) is 1.27. The molecule has 1 aromatic carbocycles. The maximum Gasteiger partial charge on any atom is 0.223 e. The Labute approximate surface area is 135 Å². The van der Waals surface area contributed by atoms with Crippen molar-refractivity contribution < 1.29 is 4.79 Å². The SMILES string of the molecule is CCCCCCCCC1CC1C(=O)NCCc1ccccc1. The van der Waals surface area contributed by atoms with Gasteiger partial charge in [0, 0.05) is 12.5 Å². The lowest BCUT2D eigenvalue weighted by Gasteiger charge is -2.05. The highest BCUT2D eigenvalue weighted by molar-refractivity contribution is 5.81. The molecule has 0 saturated heterocycles. The quantitative estimate of drug-likeness (QED) is 0.588. The van der Waals surface area contributed by atoms with Crippen molar-refractivity contribution in [1.29, 1.82) is 0 Å². The van der Waals surface area contributed by atoms with E-state index in [1.54, 1.807) is 0 Å². The van der Waals surface area contributed by atoms with E-state index in [2.05, 4.69) is 36.5 Å². The third kappa shape index (κ3) is 6.21. The van der Waals surface area contributed by atoms with Gasteiger partial charge in [-0.3, -0.25) is 4.79 Å². The number of amides is 1. The van der Waals surface area contributed by atoms with Gasteiger partial charge < -0.3 is 5.32 Å². The number of unbranched alkanes of at least 4 members (excludes halogenated alkanes) is 5. The lowest BCUT2D eigenvalue weighted by molar-refractivity contribution is -0.122. The van der Waals surface area contributed by atoms with Gasteiger partial charge in [0.25, 0.3) is 0 Å². The summed E-state index contributed by atoms with van der Waals surface area (Å²) in [6, 6.07) is 10.4. The highest BCUT2D eigenvalue weighted by Gasteiger charge is 2.41. The first-order valence-electron chi connectivity index (χ1n) is 9.13. The fraction of sp³-hybridized carbons (Fsp3) is 0.650. The largest absolute Gasteiger partial charge is 0.356 e. The minimum atomic E-state index is 0.284. The van der Waals surface area contributed by atoms with Gasteiger partial charge in [0.05, 0.1) is 0 Å². The lowest BCUT2D eigenvalue weighted by Crippen LogP contribution is -2.27. The summed E-state index contributed by atoms with van der Waals surface area (Å²) in [5, 5.41) is 3.10. The molecule has 0 spiro atoms. The number of carbonyl (C=O) groups is 1. The molecule has 2 unspecified atom stereocenters. The van der Waals surface area contributed by atoms with Crippen LogP contribution in [0.4, 0.5) is 0 Å². The zero-order valence-corrected chi connectivity index (χ0v) is 14.0. The van der Waals surface area contributed by atoms with Gasteiger partial charge in [0.15, 0.2) is 0 Å². The molecule has 0 bridgehead atoms. The molecule has 0 aromatic heterocycles. The van der Waals surface area contributed by atoms with Gasteiger partial charge in [0.2, 0.25) is 5.91 Å². The molecule has 0 aliphatic heterocycles. The fourth-order valence-corrected chi connectivity index (χ4v) is 3.18. The number of nitrogens with one attached hydrogen (secondary N) is 1. The van der Waals surface area contributed by atoms with Crippen molar-refractivity contribution in [2.75, 3.05) is 6.54 Å². The van der Waals surface area contributed by atoms with E-state index in [9.17, 15) is 4.79 Å². The van der Waals surface area contributed by atoms with Crippen LogP contribution in [0, 0.1) is 11.8 Å². The smallest absolute Gasteiger partial charge is 0.223 e. The van der Waals surface area contributed by atoms with Gasteiger partial charge in [-0.2, -0.15) is 0 Å². The standard InChI is InChI=1S/C20H31NO/c1-2-3-4-5-6-10-13-18-16-19(18)20(22)21-15-14-17-11-8-7-9-12-17/h7-9,11-12,18-19H,2-6,10,13-16H2,1H3,(H,21,22). The van der Waals surface area contributed by atoms with E-state index in [0.717, 1.165) is 19.4 Å². The Morgan fingerprint density at radius 3 is 2.59 bits per heavy atom. The highest BCUT2D eigenvalue weighted by atomic mass is 16.2. The van der Waals surface area contributed by atoms with Crippen molar-refractivity contribution in [3.05, 3.63) is 35.9 Å². The molecular formula is C20H31NO. The van der Waals surface area contributed by atoms with Gasteiger partial charge in [-0.05, 0) is 30.7 Å². The highest BCUT2D eigenvalue weighted by Crippen LogP contribution is 2.42. The molecule has 2 nitrogen and oxygen atoms in total. The van der Waals surface area contributed by atoms with E-state index in [0.29, 0.717) is 11.8 Å². The summed E-state index contributed by atoms with van der Waals surface area (Å²) in [7, 11) is 0. The molecule has 2 atom stereocenters. The summed E-state index contributed by atoms with van der Waals surface area (Å²) >= 11 is 0. The Bertz CT molecular complexity index is 429. The van der Waals surface area contributed by atoms with Crippen LogP contribution in [-0.2, 0) is 11.2 Å². The molecule has 22 heavy (non-hydrogen) atoms. The molecule has 2 rings (SSSR count). The van der Waals surface area contributed by atoms with Crippen LogP contribution in [0.5, 0.6) is 0 Å². The van der Waals surface area contributed by atoms with Crippen molar-refractivity contribution >= 4 is 5.91 Å². The first kappa shape index (κ1) is 17.1. The normalized spacial score (nSPS) is 19.9. The first-order chi connectivity index (χ1) is 10.8. The average molecular weight is 301 g/mol. The third-order valence-corrected chi connectivity index (χ3v) is 4.74. The first-order valence-corrected chi connectivity index (χ1v) is 9.13. The molecule has 1 saturated carbocycles. The summed E-state index contributed by atoms with van der Waals surface area (Å²) in [4.78, 5) is 12.1. The van der Waals surface area contributed by atoms with E-state index in [1.807, 2.05) is 6.07 Å². The molecular weight excluding hydrogens is 270 g/mol. The van der Waals surface area contributed by atoms with Crippen LogP contribution in [-0.4, -0.2) is 12.5 Å². The summed E-state index contributed by atoms with van der Waals surface area (Å²) in [6.45, 7) is 3.02. The molecule has 1 aliphatic rings. The number of carbonyl (C=O) groups excluding carboxylic acids is 1. The molecule has 1 fully saturated rings. The summed E-state index contributed by atoms with van der Waals surface area (Å²) in [5.41, 5.74) is 1.29. The maximum atomic E-state index is 12.1. The van der Waals surface area contributed by atoms with Gasteiger partial charge in [-0.15, -0.1) is 0 Å². The van der Waals surface area contributed by atoms with Gasteiger partial charge in [-0.1, -0.05) is 75.8 Å². The van der Waals surface area contributed by atoms with Gasteiger partial charge in [-0.25, -0.2) is 0 Å². The van der Waals surface area contributed by atoms with Crippen LogP contribution in [0.1, 0.15) is 63.9 Å². The van der Waals surface area contributed by atoms with Crippen LogP contribution in [0.2, 0.25) is 0 Å². The van der Waals surface area contributed by atoms with E-state index in [4.69, 9.17) is 0 Å². The molecule has 2 heteroatoms. The maximum absolute atomic E-state index is 12.1. The number of benzene rings is 1. The minimum Gasteiger partial charge on any atom is -0.356 e. The Morgan fingerprint density at radius 1 is 1.09 bits per heavy atom. The second kappa shape index (κ2) is 9.66. The molecule has 122 valence electrons. The van der Waals surface area contributed by atoms with Crippen LogP contribution in [0.3, 0.4) is 0 Å². The molecule has 1 aliphatic carbocycles. The van der Waals surface area contributed by atoms with Crippen LogP contribution < -0.4 is 5.32 Å². The molecule has 1 N–H and O–H groups in total. The van der Waals surface area contributed by atoms with Crippen molar-refractivity contribution in [3.8, 4) is 0 Å². The summed E-state index contributed by atoms with van der Waals surface area (Å²) in [6.07, 6.45) is 11.4. The van der Waals surface area contributed by atoms with Gasteiger partial charge in [0.1, 0.15) is 0 Å².